The first-order chi connectivity index (χ1) is 12.2. The lowest BCUT2D eigenvalue weighted by atomic mass is 10.1. The summed E-state index contributed by atoms with van der Waals surface area (Å²) in [7, 11) is 0. The van der Waals surface area contributed by atoms with Crippen molar-refractivity contribution in [1.29, 1.82) is 0 Å². The number of aryl methyl sites for hydroxylation is 1. The third-order valence-electron chi connectivity index (χ3n) is 4.65. The summed E-state index contributed by atoms with van der Waals surface area (Å²) in [6.07, 6.45) is 3.35. The molecule has 132 valence electrons. The molecule has 0 spiro atoms. The molecule has 1 fully saturated rings. The smallest absolute Gasteiger partial charge is 0.354 e. The van der Waals surface area contributed by atoms with E-state index in [1.807, 2.05) is 6.07 Å². The van der Waals surface area contributed by atoms with Crippen LogP contribution in [-0.2, 0) is 6.42 Å². The zero-order valence-electron chi connectivity index (χ0n) is 14.5. The number of carboxylic acids is 1. The van der Waals surface area contributed by atoms with Crippen LogP contribution >= 0.6 is 0 Å². The van der Waals surface area contributed by atoms with Gasteiger partial charge in [-0.2, -0.15) is 0 Å². The van der Waals surface area contributed by atoms with Crippen LogP contribution in [0.1, 0.15) is 28.9 Å². The molecule has 1 aromatic heterocycles. The standard InChI is InChI=1S/C20H25N3O2/c24-20(25)18-10-4-11-19(21-18)23-14-6-13-22(15-16-23)12-5-9-17-7-2-1-3-8-17/h1-4,7-8,10-11H,5-6,9,12-16H2,(H,24,25). The number of aromatic carboxylic acids is 1. The molecule has 5 heteroatoms. The van der Waals surface area contributed by atoms with Crippen molar-refractivity contribution >= 4 is 11.8 Å². The van der Waals surface area contributed by atoms with Gasteiger partial charge in [0.05, 0.1) is 0 Å². The van der Waals surface area contributed by atoms with Crippen molar-refractivity contribution in [3.05, 3.63) is 59.8 Å². The van der Waals surface area contributed by atoms with Crippen molar-refractivity contribution in [3.63, 3.8) is 0 Å². The minimum atomic E-state index is -0.973. The zero-order chi connectivity index (χ0) is 17.5. The Labute approximate surface area is 148 Å². The van der Waals surface area contributed by atoms with Crippen LogP contribution in [0.2, 0.25) is 0 Å². The number of hydrogen-bond acceptors (Lipinski definition) is 4. The second kappa shape index (κ2) is 8.62. The first-order valence-corrected chi connectivity index (χ1v) is 8.94. The Kier molecular flexibility index (Phi) is 6.01. The number of benzene rings is 1. The number of hydrogen-bond donors (Lipinski definition) is 1. The van der Waals surface area contributed by atoms with Crippen LogP contribution in [0.15, 0.2) is 48.5 Å². The van der Waals surface area contributed by atoms with Gasteiger partial charge in [-0.05, 0) is 50.0 Å². The van der Waals surface area contributed by atoms with Gasteiger partial charge in [0.1, 0.15) is 5.82 Å². The maximum absolute atomic E-state index is 11.1. The summed E-state index contributed by atoms with van der Waals surface area (Å²) in [5.74, 6) is -0.203. The predicted molar refractivity (Wildman–Crippen MR) is 99.2 cm³/mol. The zero-order valence-corrected chi connectivity index (χ0v) is 14.5. The SMILES string of the molecule is O=C(O)c1cccc(N2CCCN(CCCc3ccccc3)CC2)n1. The van der Waals surface area contributed by atoms with Crippen LogP contribution in [0.4, 0.5) is 5.82 Å². The van der Waals surface area contributed by atoms with E-state index in [4.69, 9.17) is 5.11 Å². The van der Waals surface area contributed by atoms with Crippen molar-refractivity contribution in [2.45, 2.75) is 19.3 Å². The molecule has 25 heavy (non-hydrogen) atoms. The molecule has 0 radical (unpaired) electrons. The normalized spacial score (nSPS) is 15.8. The average Bonchev–Trinajstić information content (AvgIpc) is 2.88. The lowest BCUT2D eigenvalue weighted by molar-refractivity contribution is 0.0690. The molecule has 0 bridgehead atoms. The highest BCUT2D eigenvalue weighted by Crippen LogP contribution is 2.15. The molecule has 0 atom stereocenters. The molecule has 1 aromatic carbocycles. The molecular weight excluding hydrogens is 314 g/mol. The van der Waals surface area contributed by atoms with E-state index in [0.29, 0.717) is 0 Å². The molecule has 5 nitrogen and oxygen atoms in total. The van der Waals surface area contributed by atoms with E-state index < -0.39 is 5.97 Å². The molecule has 0 amide bonds. The molecule has 2 heterocycles. The Morgan fingerprint density at radius 1 is 1.00 bits per heavy atom. The van der Waals surface area contributed by atoms with Crippen molar-refractivity contribution < 1.29 is 9.90 Å². The van der Waals surface area contributed by atoms with Crippen LogP contribution in [0.5, 0.6) is 0 Å². The fourth-order valence-corrected chi connectivity index (χ4v) is 3.29. The van der Waals surface area contributed by atoms with Crippen LogP contribution in [0.25, 0.3) is 0 Å². The Bertz CT molecular complexity index is 690. The first-order valence-electron chi connectivity index (χ1n) is 8.94. The van der Waals surface area contributed by atoms with Crippen molar-refractivity contribution in [1.82, 2.24) is 9.88 Å². The lowest BCUT2D eigenvalue weighted by Crippen LogP contribution is -2.32. The minimum Gasteiger partial charge on any atom is -0.477 e. The summed E-state index contributed by atoms with van der Waals surface area (Å²) in [5.41, 5.74) is 1.51. The number of anilines is 1. The molecule has 1 N–H and O–H groups in total. The highest BCUT2D eigenvalue weighted by molar-refractivity contribution is 5.85. The Balaban J connectivity index is 1.50. The van der Waals surface area contributed by atoms with Gasteiger partial charge in [0.25, 0.3) is 0 Å². The van der Waals surface area contributed by atoms with Crippen LogP contribution in [0.3, 0.4) is 0 Å². The van der Waals surface area contributed by atoms with Gasteiger partial charge < -0.3 is 14.9 Å². The summed E-state index contributed by atoms with van der Waals surface area (Å²) in [4.78, 5) is 20.1. The summed E-state index contributed by atoms with van der Waals surface area (Å²) in [6, 6.07) is 15.8. The van der Waals surface area contributed by atoms with E-state index in [2.05, 4.69) is 45.1 Å². The van der Waals surface area contributed by atoms with Gasteiger partial charge in [0, 0.05) is 19.6 Å². The number of nitrogens with zero attached hydrogens (tertiary/aromatic N) is 3. The molecule has 3 rings (SSSR count). The monoisotopic (exact) mass is 339 g/mol. The topological polar surface area (TPSA) is 56.7 Å². The first kappa shape index (κ1) is 17.4. The summed E-state index contributed by atoms with van der Waals surface area (Å²) in [5, 5.41) is 9.11. The minimum absolute atomic E-state index is 0.112. The average molecular weight is 339 g/mol. The Hall–Kier alpha value is -2.40. The van der Waals surface area contributed by atoms with Crippen molar-refractivity contribution in [2.75, 3.05) is 37.6 Å². The third kappa shape index (κ3) is 5.03. The number of rotatable bonds is 6. The second-order valence-electron chi connectivity index (χ2n) is 6.46. The van der Waals surface area contributed by atoms with Crippen LogP contribution in [0, 0.1) is 0 Å². The summed E-state index contributed by atoms with van der Waals surface area (Å²) in [6.45, 7) is 5.00. The quantitative estimate of drug-likeness (QED) is 0.877. The van der Waals surface area contributed by atoms with Gasteiger partial charge >= 0.3 is 5.97 Å². The van der Waals surface area contributed by atoms with E-state index in [9.17, 15) is 4.79 Å². The molecule has 0 saturated carbocycles. The summed E-state index contributed by atoms with van der Waals surface area (Å²) < 4.78 is 0. The number of aromatic nitrogens is 1. The largest absolute Gasteiger partial charge is 0.477 e. The predicted octanol–water partition coefficient (Wildman–Crippen LogP) is 2.92. The Morgan fingerprint density at radius 2 is 1.84 bits per heavy atom. The maximum atomic E-state index is 11.1. The maximum Gasteiger partial charge on any atom is 0.354 e. The highest BCUT2D eigenvalue weighted by atomic mass is 16.4. The van der Waals surface area contributed by atoms with Crippen LogP contribution in [-0.4, -0.2) is 53.7 Å². The van der Waals surface area contributed by atoms with Gasteiger partial charge in [0.2, 0.25) is 0 Å². The molecule has 1 aliphatic rings. The van der Waals surface area contributed by atoms with E-state index in [1.54, 1.807) is 12.1 Å². The highest BCUT2D eigenvalue weighted by Gasteiger charge is 2.17. The van der Waals surface area contributed by atoms with Crippen LogP contribution < -0.4 is 4.90 Å². The fraction of sp³-hybridized carbons (Fsp3) is 0.400. The van der Waals surface area contributed by atoms with E-state index in [1.165, 1.54) is 5.56 Å². The number of carbonyl (C=O) groups is 1. The second-order valence-corrected chi connectivity index (χ2v) is 6.46. The van der Waals surface area contributed by atoms with Gasteiger partial charge in [-0.1, -0.05) is 36.4 Å². The fourth-order valence-electron chi connectivity index (χ4n) is 3.29. The number of pyridine rings is 1. The third-order valence-corrected chi connectivity index (χ3v) is 4.65. The lowest BCUT2D eigenvalue weighted by Gasteiger charge is -2.23. The molecule has 1 aliphatic heterocycles. The molecule has 2 aromatic rings. The van der Waals surface area contributed by atoms with Gasteiger partial charge in [-0.15, -0.1) is 0 Å². The van der Waals surface area contributed by atoms with Gasteiger partial charge in [0.15, 0.2) is 5.69 Å². The molecule has 0 unspecified atom stereocenters. The van der Waals surface area contributed by atoms with Gasteiger partial charge in [-0.25, -0.2) is 9.78 Å². The molecular formula is C20H25N3O2. The van der Waals surface area contributed by atoms with Crippen molar-refractivity contribution in [3.8, 4) is 0 Å². The Morgan fingerprint density at radius 3 is 2.64 bits per heavy atom. The number of carboxylic acid groups (broad SMARTS) is 1. The molecule has 1 saturated heterocycles. The van der Waals surface area contributed by atoms with E-state index in [-0.39, 0.29) is 5.69 Å². The van der Waals surface area contributed by atoms with Crippen molar-refractivity contribution in [2.24, 2.45) is 0 Å². The summed E-state index contributed by atoms with van der Waals surface area (Å²) >= 11 is 0. The van der Waals surface area contributed by atoms with E-state index >= 15 is 0 Å². The van der Waals surface area contributed by atoms with Gasteiger partial charge in [-0.3, -0.25) is 0 Å². The molecule has 0 aliphatic carbocycles. The van der Waals surface area contributed by atoms with E-state index in [0.717, 1.165) is 57.8 Å².